The number of H-pyrrole nitrogens is 2. The Bertz CT molecular complexity index is 1100. The topological polar surface area (TPSA) is 53.2 Å². The van der Waals surface area contributed by atoms with Crippen LogP contribution in [-0.2, 0) is 0 Å². The van der Waals surface area contributed by atoms with Crippen LogP contribution in [-0.4, -0.2) is 17.1 Å². The van der Waals surface area contributed by atoms with E-state index in [1.807, 2.05) is 6.07 Å². The maximum Gasteiger partial charge on any atom is 0.144 e. The summed E-state index contributed by atoms with van der Waals surface area (Å²) in [5.74, 6) is 0.818. The molecule has 5 heteroatoms. The summed E-state index contributed by atoms with van der Waals surface area (Å²) in [5, 5.41) is 5.16. The standard InChI is InChI=1S/C18H17N3OS/c1-10-6-11(2)19-13(10)8-16-17(22-3)9-15(20-16)14-7-12-4-5-23-18(12)21-14/h4-9,19-20H,1-3H3/b15-14?,16-8-. The highest BCUT2D eigenvalue weighted by Gasteiger charge is 2.07. The minimum atomic E-state index is 0.818. The first-order valence-corrected chi connectivity index (χ1v) is 8.31. The van der Waals surface area contributed by atoms with Gasteiger partial charge < -0.3 is 14.7 Å². The Labute approximate surface area is 137 Å². The number of aryl methyl sites for hydroxylation is 2. The van der Waals surface area contributed by atoms with E-state index < -0.39 is 0 Å². The SMILES string of the molecule is COc1cc(=C2C=c3ccsc3=N2)[nH]/c1=C\c1[nH]c(C)cc1C. The molecule has 0 amide bonds. The first-order chi connectivity index (χ1) is 11.1. The Hall–Kier alpha value is -2.53. The van der Waals surface area contributed by atoms with E-state index in [0.717, 1.165) is 38.2 Å². The number of thiophene rings is 1. The van der Waals surface area contributed by atoms with E-state index in [9.17, 15) is 0 Å². The molecule has 0 aromatic carbocycles. The number of rotatable bonds is 2. The lowest BCUT2D eigenvalue weighted by atomic mass is 10.2. The van der Waals surface area contributed by atoms with Gasteiger partial charge in [-0.25, -0.2) is 4.99 Å². The van der Waals surface area contributed by atoms with Crippen molar-refractivity contribution in [1.82, 2.24) is 9.97 Å². The fraction of sp³-hybridized carbons (Fsp3) is 0.167. The number of fused-ring (bicyclic) bond motifs is 1. The molecule has 3 aromatic rings. The Kier molecular flexibility index (Phi) is 3.23. The summed E-state index contributed by atoms with van der Waals surface area (Å²) in [7, 11) is 1.69. The van der Waals surface area contributed by atoms with Crippen LogP contribution in [0.15, 0.2) is 28.6 Å². The van der Waals surface area contributed by atoms with Crippen molar-refractivity contribution in [2.45, 2.75) is 13.8 Å². The second kappa shape index (κ2) is 5.28. The summed E-state index contributed by atoms with van der Waals surface area (Å²) in [6, 6.07) is 6.23. The average Bonchev–Trinajstić information content (AvgIpc) is 3.23. The van der Waals surface area contributed by atoms with Gasteiger partial charge in [0, 0.05) is 22.7 Å². The molecule has 0 spiro atoms. The first-order valence-electron chi connectivity index (χ1n) is 7.43. The normalized spacial score (nSPS) is 16.2. The van der Waals surface area contributed by atoms with Gasteiger partial charge in [0.25, 0.3) is 0 Å². The lowest BCUT2D eigenvalue weighted by molar-refractivity contribution is 0.412. The van der Waals surface area contributed by atoms with Gasteiger partial charge in [-0.15, -0.1) is 11.3 Å². The molecule has 4 rings (SSSR count). The zero-order chi connectivity index (χ0) is 16.0. The van der Waals surface area contributed by atoms with Crippen molar-refractivity contribution in [2.24, 2.45) is 4.99 Å². The largest absolute Gasteiger partial charge is 0.494 e. The molecule has 2 N–H and O–H groups in total. The Morgan fingerprint density at radius 1 is 1.22 bits per heavy atom. The molecule has 3 aromatic heterocycles. The van der Waals surface area contributed by atoms with E-state index in [4.69, 9.17) is 4.74 Å². The number of hydrogen-bond donors (Lipinski definition) is 2. The molecule has 0 bridgehead atoms. The lowest BCUT2D eigenvalue weighted by Gasteiger charge is -1.94. The fourth-order valence-corrected chi connectivity index (χ4v) is 3.61. The average molecular weight is 323 g/mol. The van der Waals surface area contributed by atoms with Gasteiger partial charge in [0.05, 0.1) is 23.5 Å². The van der Waals surface area contributed by atoms with Crippen molar-refractivity contribution < 1.29 is 4.74 Å². The number of aromatic nitrogens is 2. The predicted molar refractivity (Wildman–Crippen MR) is 93.4 cm³/mol. The number of hydrogen-bond acceptors (Lipinski definition) is 3. The maximum atomic E-state index is 5.52. The molecule has 116 valence electrons. The van der Waals surface area contributed by atoms with Crippen LogP contribution in [0.1, 0.15) is 17.0 Å². The van der Waals surface area contributed by atoms with Crippen LogP contribution < -0.4 is 25.3 Å². The Balaban J connectivity index is 1.92. The molecule has 0 radical (unpaired) electrons. The van der Waals surface area contributed by atoms with Gasteiger partial charge in [0.1, 0.15) is 10.4 Å². The summed E-state index contributed by atoms with van der Waals surface area (Å²) < 4.78 is 6.59. The molecule has 1 aliphatic heterocycles. The van der Waals surface area contributed by atoms with E-state index in [1.54, 1.807) is 18.4 Å². The van der Waals surface area contributed by atoms with Crippen LogP contribution in [0.5, 0.6) is 5.75 Å². The number of nitrogens with one attached hydrogen (secondary N) is 2. The molecule has 0 unspecified atom stereocenters. The second-order valence-corrected chi connectivity index (χ2v) is 6.58. The van der Waals surface area contributed by atoms with E-state index in [2.05, 4.69) is 58.5 Å². The Morgan fingerprint density at radius 3 is 2.78 bits per heavy atom. The molecule has 1 aliphatic rings. The predicted octanol–water partition coefficient (Wildman–Crippen LogP) is 1.08. The highest BCUT2D eigenvalue weighted by molar-refractivity contribution is 7.07. The van der Waals surface area contributed by atoms with E-state index in [-0.39, 0.29) is 0 Å². The third-order valence-electron chi connectivity index (χ3n) is 3.97. The van der Waals surface area contributed by atoms with Gasteiger partial charge >= 0.3 is 0 Å². The Morgan fingerprint density at radius 2 is 2.09 bits per heavy atom. The van der Waals surface area contributed by atoms with E-state index >= 15 is 0 Å². The third-order valence-corrected chi connectivity index (χ3v) is 4.80. The molecule has 0 fully saturated rings. The molecular formula is C18H17N3OS. The van der Waals surface area contributed by atoms with Crippen LogP contribution in [0.4, 0.5) is 0 Å². The van der Waals surface area contributed by atoms with E-state index in [1.165, 1.54) is 10.8 Å². The summed E-state index contributed by atoms with van der Waals surface area (Å²) >= 11 is 1.66. The summed E-state index contributed by atoms with van der Waals surface area (Å²) in [6.07, 6.45) is 4.18. The van der Waals surface area contributed by atoms with Crippen molar-refractivity contribution in [1.29, 1.82) is 0 Å². The van der Waals surface area contributed by atoms with Crippen LogP contribution in [0.3, 0.4) is 0 Å². The van der Waals surface area contributed by atoms with Crippen molar-refractivity contribution in [3.8, 4) is 5.75 Å². The van der Waals surface area contributed by atoms with Gasteiger partial charge in [-0.1, -0.05) is 0 Å². The third kappa shape index (κ3) is 2.43. The van der Waals surface area contributed by atoms with Crippen LogP contribution in [0, 0.1) is 13.8 Å². The highest BCUT2D eigenvalue weighted by Crippen LogP contribution is 2.10. The summed E-state index contributed by atoms with van der Waals surface area (Å²) in [6.45, 7) is 4.15. The smallest absolute Gasteiger partial charge is 0.144 e. The molecular weight excluding hydrogens is 306 g/mol. The van der Waals surface area contributed by atoms with Crippen molar-refractivity contribution in [2.75, 3.05) is 7.11 Å². The number of ether oxygens (including phenoxy) is 1. The van der Waals surface area contributed by atoms with Gasteiger partial charge in [0.2, 0.25) is 0 Å². The molecule has 0 atom stereocenters. The molecule has 4 nitrogen and oxygen atoms in total. The molecule has 23 heavy (non-hydrogen) atoms. The maximum absolute atomic E-state index is 5.52. The van der Waals surface area contributed by atoms with Gasteiger partial charge in [0.15, 0.2) is 0 Å². The zero-order valence-electron chi connectivity index (χ0n) is 13.2. The van der Waals surface area contributed by atoms with E-state index in [0.29, 0.717) is 0 Å². The van der Waals surface area contributed by atoms with Crippen LogP contribution >= 0.6 is 11.3 Å². The monoisotopic (exact) mass is 323 g/mol. The second-order valence-electron chi connectivity index (χ2n) is 5.68. The molecule has 0 aliphatic carbocycles. The van der Waals surface area contributed by atoms with Crippen LogP contribution in [0.2, 0.25) is 0 Å². The molecule has 0 saturated carbocycles. The zero-order valence-corrected chi connectivity index (χ0v) is 14.0. The van der Waals surface area contributed by atoms with Gasteiger partial charge in [-0.3, -0.25) is 0 Å². The number of nitrogens with zero attached hydrogens (tertiary/aromatic N) is 1. The van der Waals surface area contributed by atoms with Crippen molar-refractivity contribution in [3.05, 3.63) is 61.1 Å². The summed E-state index contributed by atoms with van der Waals surface area (Å²) in [4.78, 5) is 11.5. The highest BCUT2D eigenvalue weighted by atomic mass is 32.1. The number of aromatic amines is 2. The number of methoxy groups -OCH3 is 1. The minimum Gasteiger partial charge on any atom is -0.494 e. The minimum absolute atomic E-state index is 0.818. The van der Waals surface area contributed by atoms with Crippen molar-refractivity contribution in [3.63, 3.8) is 0 Å². The summed E-state index contributed by atoms with van der Waals surface area (Å²) in [5.41, 5.74) is 4.40. The first kappa shape index (κ1) is 14.1. The van der Waals surface area contributed by atoms with Gasteiger partial charge in [-0.2, -0.15) is 0 Å². The molecule has 4 heterocycles. The molecule has 0 saturated heterocycles. The van der Waals surface area contributed by atoms with Crippen LogP contribution in [0.25, 0.3) is 17.8 Å². The quantitative estimate of drug-likeness (QED) is 0.728. The van der Waals surface area contributed by atoms with Gasteiger partial charge in [-0.05, 0) is 49.1 Å². The fourth-order valence-electron chi connectivity index (χ4n) is 2.85. The lowest BCUT2D eigenvalue weighted by Crippen LogP contribution is -2.12. The van der Waals surface area contributed by atoms with Crippen molar-refractivity contribution >= 4 is 29.2 Å².